The molecular weight excluding hydrogens is 222 g/mol. The summed E-state index contributed by atoms with van der Waals surface area (Å²) in [6.45, 7) is 0. The van der Waals surface area contributed by atoms with Gasteiger partial charge < -0.3 is 4.84 Å². The minimum absolute atomic E-state index is 0.0268. The summed E-state index contributed by atoms with van der Waals surface area (Å²) < 4.78 is 1.43. The van der Waals surface area contributed by atoms with Crippen LogP contribution in [-0.2, 0) is 6.42 Å². The fourth-order valence-corrected chi connectivity index (χ4v) is 1.84. The number of rotatable bonds is 3. The zero-order valence-corrected chi connectivity index (χ0v) is 9.08. The predicted molar refractivity (Wildman–Crippen MR) is 60.4 cm³/mol. The molecule has 2 aromatic rings. The molecule has 2 rings (SSSR count). The minimum atomic E-state index is -0.487. The van der Waals surface area contributed by atoms with Gasteiger partial charge in [0, 0.05) is 17.6 Å². The van der Waals surface area contributed by atoms with Crippen molar-refractivity contribution in [3.05, 3.63) is 40.1 Å². The molecule has 0 spiro atoms. The number of nitrogens with zero attached hydrogens (tertiary/aromatic N) is 3. The summed E-state index contributed by atoms with van der Waals surface area (Å²) in [5.41, 5.74) is 0.890. The molecule has 0 amide bonds. The van der Waals surface area contributed by atoms with Crippen LogP contribution in [0.2, 0.25) is 0 Å². The van der Waals surface area contributed by atoms with Gasteiger partial charge in [0.2, 0.25) is 0 Å². The van der Waals surface area contributed by atoms with Crippen molar-refractivity contribution in [2.75, 3.05) is 7.11 Å². The number of nitriles is 1. The van der Waals surface area contributed by atoms with E-state index in [1.54, 1.807) is 18.3 Å². The highest BCUT2D eigenvalue weighted by Crippen LogP contribution is 2.28. The van der Waals surface area contributed by atoms with E-state index in [0.717, 1.165) is 5.39 Å². The fourth-order valence-electron chi connectivity index (χ4n) is 1.84. The lowest BCUT2D eigenvalue weighted by Crippen LogP contribution is -2.06. The second kappa shape index (κ2) is 4.14. The third-order valence-corrected chi connectivity index (χ3v) is 2.55. The van der Waals surface area contributed by atoms with Gasteiger partial charge in [0.1, 0.15) is 7.11 Å². The van der Waals surface area contributed by atoms with Crippen LogP contribution in [0.3, 0.4) is 0 Å². The zero-order valence-electron chi connectivity index (χ0n) is 9.08. The number of nitro groups is 1. The lowest BCUT2D eigenvalue weighted by Gasteiger charge is -2.06. The second-order valence-corrected chi connectivity index (χ2v) is 3.42. The van der Waals surface area contributed by atoms with Crippen LogP contribution in [0.15, 0.2) is 24.4 Å². The molecule has 6 heteroatoms. The van der Waals surface area contributed by atoms with E-state index in [0.29, 0.717) is 11.1 Å². The van der Waals surface area contributed by atoms with Gasteiger partial charge in [-0.3, -0.25) is 10.1 Å². The molecule has 0 saturated heterocycles. The van der Waals surface area contributed by atoms with Gasteiger partial charge in [0.25, 0.3) is 5.69 Å². The number of hydrogen-bond donors (Lipinski definition) is 0. The van der Waals surface area contributed by atoms with Gasteiger partial charge in [-0.15, -0.1) is 0 Å². The Morgan fingerprint density at radius 2 is 2.29 bits per heavy atom. The summed E-state index contributed by atoms with van der Waals surface area (Å²) in [5.74, 6) is 0. The van der Waals surface area contributed by atoms with E-state index in [4.69, 9.17) is 10.1 Å². The monoisotopic (exact) mass is 231 g/mol. The van der Waals surface area contributed by atoms with E-state index in [1.165, 1.54) is 17.9 Å². The smallest absolute Gasteiger partial charge is 0.275 e. The van der Waals surface area contributed by atoms with E-state index in [1.807, 2.05) is 6.07 Å². The van der Waals surface area contributed by atoms with E-state index >= 15 is 0 Å². The van der Waals surface area contributed by atoms with Crippen molar-refractivity contribution in [2.24, 2.45) is 0 Å². The van der Waals surface area contributed by atoms with Gasteiger partial charge >= 0.3 is 0 Å². The number of aromatic nitrogens is 1. The summed E-state index contributed by atoms with van der Waals surface area (Å²) in [7, 11) is 1.47. The summed E-state index contributed by atoms with van der Waals surface area (Å²) in [4.78, 5) is 15.5. The van der Waals surface area contributed by atoms with Crippen LogP contribution in [0.4, 0.5) is 5.69 Å². The molecule has 0 radical (unpaired) electrons. The van der Waals surface area contributed by atoms with E-state index < -0.39 is 4.92 Å². The first kappa shape index (κ1) is 11.0. The van der Waals surface area contributed by atoms with Gasteiger partial charge in [0.15, 0.2) is 0 Å². The standard InChI is InChI=1S/C11H9N3O3/c1-17-13-7-5-8-2-3-10(14(15)16)9(4-6-12)11(8)13/h2-3,5,7H,4H2,1H3. The van der Waals surface area contributed by atoms with Gasteiger partial charge in [-0.25, -0.2) is 0 Å². The molecule has 0 fully saturated rings. The molecule has 0 aliphatic carbocycles. The van der Waals surface area contributed by atoms with Gasteiger partial charge in [-0.1, -0.05) is 0 Å². The van der Waals surface area contributed by atoms with E-state index in [9.17, 15) is 10.1 Å². The number of hydrogen-bond acceptors (Lipinski definition) is 4. The molecule has 17 heavy (non-hydrogen) atoms. The van der Waals surface area contributed by atoms with Crippen LogP contribution in [0.5, 0.6) is 0 Å². The molecule has 1 heterocycles. The normalized spacial score (nSPS) is 10.1. The van der Waals surface area contributed by atoms with Crippen LogP contribution in [0.1, 0.15) is 5.56 Å². The summed E-state index contributed by atoms with van der Waals surface area (Å²) in [6, 6.07) is 6.77. The Labute approximate surface area is 96.7 Å². The van der Waals surface area contributed by atoms with Crippen molar-refractivity contribution in [2.45, 2.75) is 6.42 Å². The molecule has 0 atom stereocenters. The highest BCUT2D eigenvalue weighted by atomic mass is 16.6. The van der Waals surface area contributed by atoms with Crippen LogP contribution in [0, 0.1) is 21.4 Å². The first-order chi connectivity index (χ1) is 8.19. The molecule has 1 aromatic heterocycles. The Morgan fingerprint density at radius 1 is 1.53 bits per heavy atom. The third-order valence-electron chi connectivity index (χ3n) is 2.55. The van der Waals surface area contributed by atoms with Crippen molar-refractivity contribution in [1.29, 1.82) is 5.26 Å². The lowest BCUT2D eigenvalue weighted by molar-refractivity contribution is -0.385. The first-order valence-electron chi connectivity index (χ1n) is 4.87. The quantitative estimate of drug-likeness (QED) is 0.594. The molecular formula is C11H9N3O3. The van der Waals surface area contributed by atoms with E-state index in [-0.39, 0.29) is 12.1 Å². The minimum Gasteiger partial charge on any atom is -0.417 e. The van der Waals surface area contributed by atoms with Crippen LogP contribution >= 0.6 is 0 Å². The Bertz CT molecular complexity index is 625. The van der Waals surface area contributed by atoms with Crippen LogP contribution in [-0.4, -0.2) is 16.8 Å². The van der Waals surface area contributed by atoms with Gasteiger partial charge in [0.05, 0.1) is 28.5 Å². The third kappa shape index (κ3) is 1.67. The Morgan fingerprint density at radius 3 is 2.88 bits per heavy atom. The Balaban J connectivity index is 2.82. The molecule has 0 unspecified atom stereocenters. The predicted octanol–water partition coefficient (Wildman–Crippen LogP) is 1.67. The molecule has 0 aliphatic rings. The molecule has 1 aromatic carbocycles. The van der Waals surface area contributed by atoms with Crippen molar-refractivity contribution >= 4 is 16.6 Å². The van der Waals surface area contributed by atoms with Crippen LogP contribution in [0.25, 0.3) is 10.9 Å². The lowest BCUT2D eigenvalue weighted by atomic mass is 10.1. The highest BCUT2D eigenvalue weighted by Gasteiger charge is 2.19. The maximum atomic E-state index is 10.9. The SMILES string of the molecule is COn1ccc2ccc([N+](=O)[O-])c(CC#N)c21. The highest BCUT2D eigenvalue weighted by molar-refractivity contribution is 5.86. The largest absolute Gasteiger partial charge is 0.417 e. The topological polar surface area (TPSA) is 81.1 Å². The van der Waals surface area contributed by atoms with Crippen LogP contribution < -0.4 is 4.84 Å². The van der Waals surface area contributed by atoms with Gasteiger partial charge in [-0.05, 0) is 12.1 Å². The molecule has 0 N–H and O–H groups in total. The molecule has 0 bridgehead atoms. The Hall–Kier alpha value is -2.55. The first-order valence-corrected chi connectivity index (χ1v) is 4.87. The zero-order chi connectivity index (χ0) is 12.4. The van der Waals surface area contributed by atoms with Crippen molar-refractivity contribution in [3.8, 4) is 6.07 Å². The number of nitro benzene ring substituents is 1. The van der Waals surface area contributed by atoms with E-state index in [2.05, 4.69) is 0 Å². The summed E-state index contributed by atoms with van der Waals surface area (Å²) in [5, 5.41) is 20.5. The van der Waals surface area contributed by atoms with Crippen molar-refractivity contribution < 1.29 is 9.76 Å². The summed E-state index contributed by atoms with van der Waals surface area (Å²) in [6.07, 6.45) is 1.64. The fraction of sp³-hybridized carbons (Fsp3) is 0.182. The number of fused-ring (bicyclic) bond motifs is 1. The van der Waals surface area contributed by atoms with Crippen molar-refractivity contribution in [1.82, 2.24) is 4.73 Å². The van der Waals surface area contributed by atoms with Crippen molar-refractivity contribution in [3.63, 3.8) is 0 Å². The Kier molecular flexibility index (Phi) is 2.66. The average molecular weight is 231 g/mol. The average Bonchev–Trinajstić information content (AvgIpc) is 2.72. The molecule has 0 saturated carbocycles. The molecule has 86 valence electrons. The second-order valence-electron chi connectivity index (χ2n) is 3.42. The maximum Gasteiger partial charge on any atom is 0.275 e. The maximum absolute atomic E-state index is 10.9. The van der Waals surface area contributed by atoms with Gasteiger partial charge in [-0.2, -0.15) is 9.99 Å². The molecule has 6 nitrogen and oxygen atoms in total. The number of benzene rings is 1. The summed E-state index contributed by atoms with van der Waals surface area (Å²) >= 11 is 0. The molecule has 0 aliphatic heterocycles.